The molecule has 0 spiro atoms. The molecule has 1 aromatic rings. The zero-order chi connectivity index (χ0) is 11.6. The maximum atomic E-state index is 13.1. The summed E-state index contributed by atoms with van der Waals surface area (Å²) < 4.78 is 13.1. The zero-order valence-corrected chi connectivity index (χ0v) is 8.55. The molecule has 0 amide bonds. The molecule has 0 radical (unpaired) electrons. The number of hydrogen-bond donors (Lipinski definition) is 2. The van der Waals surface area contributed by atoms with Gasteiger partial charge < -0.3 is 10.3 Å². The summed E-state index contributed by atoms with van der Waals surface area (Å²) in [6, 6.07) is 0.696. The quantitative estimate of drug-likeness (QED) is 0.368. The molecule has 7 heteroatoms. The second kappa shape index (κ2) is 4.46. The predicted octanol–water partition coefficient (Wildman–Crippen LogP) is 2.64. The molecule has 15 heavy (non-hydrogen) atoms. The monoisotopic (exact) mass is 251 g/mol. The summed E-state index contributed by atoms with van der Waals surface area (Å²) in [4.78, 5) is 10.6. The van der Waals surface area contributed by atoms with Crippen LogP contribution < -0.4 is 0 Å². The van der Waals surface area contributed by atoms with Crippen molar-refractivity contribution in [3.05, 3.63) is 33.1 Å². The van der Waals surface area contributed by atoms with E-state index in [0.717, 1.165) is 6.21 Å². The minimum absolute atomic E-state index is 0.182. The molecule has 4 nitrogen and oxygen atoms in total. The van der Waals surface area contributed by atoms with Gasteiger partial charge in [0, 0.05) is 5.56 Å². The Balaban J connectivity index is 3.55. The summed E-state index contributed by atoms with van der Waals surface area (Å²) >= 11 is 11.1. The van der Waals surface area contributed by atoms with E-state index in [2.05, 4.69) is 5.16 Å². The summed E-state index contributed by atoms with van der Waals surface area (Å²) in [6.45, 7) is 0. The van der Waals surface area contributed by atoms with Crippen LogP contribution in [0.4, 0.5) is 4.39 Å². The molecule has 2 N–H and O–H groups in total. The Kier molecular flexibility index (Phi) is 3.49. The predicted molar refractivity (Wildman–Crippen MR) is 52.8 cm³/mol. The van der Waals surface area contributed by atoms with Gasteiger partial charge in [0.25, 0.3) is 0 Å². The van der Waals surface area contributed by atoms with E-state index in [-0.39, 0.29) is 10.6 Å². The third-order valence-electron chi connectivity index (χ3n) is 1.61. The van der Waals surface area contributed by atoms with E-state index in [0.29, 0.717) is 6.07 Å². The van der Waals surface area contributed by atoms with Crippen LogP contribution in [0.15, 0.2) is 11.2 Å². The van der Waals surface area contributed by atoms with Crippen LogP contribution >= 0.6 is 23.2 Å². The van der Waals surface area contributed by atoms with Crippen LogP contribution in [0.5, 0.6) is 0 Å². The van der Waals surface area contributed by atoms with Crippen LogP contribution in [0, 0.1) is 5.82 Å². The number of hydrogen-bond acceptors (Lipinski definition) is 3. The van der Waals surface area contributed by atoms with Gasteiger partial charge in [-0.05, 0) is 6.07 Å². The lowest BCUT2D eigenvalue weighted by atomic mass is 10.1. The van der Waals surface area contributed by atoms with Crippen molar-refractivity contribution in [3.8, 4) is 0 Å². The van der Waals surface area contributed by atoms with E-state index in [1.165, 1.54) is 0 Å². The molecule has 0 fully saturated rings. The summed E-state index contributed by atoms with van der Waals surface area (Å²) in [7, 11) is 0. The lowest BCUT2D eigenvalue weighted by Crippen LogP contribution is -2.02. The van der Waals surface area contributed by atoms with E-state index in [9.17, 15) is 9.18 Å². The van der Waals surface area contributed by atoms with Crippen molar-refractivity contribution >= 4 is 35.4 Å². The number of aromatic carboxylic acids is 1. The van der Waals surface area contributed by atoms with Crippen molar-refractivity contribution in [1.29, 1.82) is 0 Å². The van der Waals surface area contributed by atoms with Crippen LogP contribution in [-0.4, -0.2) is 22.5 Å². The molecule has 0 aromatic heterocycles. The summed E-state index contributed by atoms with van der Waals surface area (Å²) in [5.74, 6) is -2.35. The molecule has 0 saturated heterocycles. The van der Waals surface area contributed by atoms with Gasteiger partial charge in [0.2, 0.25) is 0 Å². The van der Waals surface area contributed by atoms with Crippen LogP contribution in [0.25, 0.3) is 0 Å². The Morgan fingerprint density at radius 1 is 1.47 bits per heavy atom. The first-order valence-electron chi connectivity index (χ1n) is 3.57. The SMILES string of the molecule is O=C(O)c1cc(F)c(Cl)c(/C=N\O)c1Cl. The van der Waals surface area contributed by atoms with Gasteiger partial charge >= 0.3 is 5.97 Å². The number of rotatable bonds is 2. The molecular weight excluding hydrogens is 248 g/mol. The van der Waals surface area contributed by atoms with Crippen molar-refractivity contribution in [3.63, 3.8) is 0 Å². The van der Waals surface area contributed by atoms with Crippen molar-refractivity contribution < 1.29 is 19.5 Å². The summed E-state index contributed by atoms with van der Waals surface area (Å²) in [5, 5.41) is 18.9. The lowest BCUT2D eigenvalue weighted by molar-refractivity contribution is 0.0696. The minimum Gasteiger partial charge on any atom is -0.478 e. The van der Waals surface area contributed by atoms with Crippen LogP contribution in [-0.2, 0) is 0 Å². The van der Waals surface area contributed by atoms with E-state index >= 15 is 0 Å². The Morgan fingerprint density at radius 2 is 2.07 bits per heavy atom. The smallest absolute Gasteiger partial charge is 0.337 e. The fourth-order valence-electron chi connectivity index (χ4n) is 0.950. The minimum atomic E-state index is -1.40. The number of oxime groups is 1. The van der Waals surface area contributed by atoms with Crippen molar-refractivity contribution in [2.75, 3.05) is 0 Å². The van der Waals surface area contributed by atoms with Gasteiger partial charge in [-0.25, -0.2) is 9.18 Å². The largest absolute Gasteiger partial charge is 0.478 e. The van der Waals surface area contributed by atoms with Crippen LogP contribution in [0.2, 0.25) is 10.0 Å². The van der Waals surface area contributed by atoms with E-state index in [1.54, 1.807) is 0 Å². The number of halogens is 3. The van der Waals surface area contributed by atoms with Crippen molar-refractivity contribution in [2.24, 2.45) is 5.16 Å². The highest BCUT2D eigenvalue weighted by Gasteiger charge is 2.18. The molecule has 80 valence electrons. The number of carboxylic acid groups (broad SMARTS) is 1. The maximum absolute atomic E-state index is 13.1. The third-order valence-corrected chi connectivity index (χ3v) is 2.40. The van der Waals surface area contributed by atoms with Gasteiger partial charge in [-0.2, -0.15) is 0 Å². The van der Waals surface area contributed by atoms with Crippen LogP contribution in [0.3, 0.4) is 0 Å². The normalized spacial score (nSPS) is 10.9. The Morgan fingerprint density at radius 3 is 2.53 bits per heavy atom. The van der Waals surface area contributed by atoms with E-state index < -0.39 is 22.4 Å². The highest BCUT2D eigenvalue weighted by Crippen LogP contribution is 2.29. The zero-order valence-electron chi connectivity index (χ0n) is 7.04. The molecule has 1 aromatic carbocycles. The summed E-state index contributed by atoms with van der Waals surface area (Å²) in [6.07, 6.45) is 0.764. The van der Waals surface area contributed by atoms with Crippen molar-refractivity contribution in [1.82, 2.24) is 0 Å². The standard InChI is InChI=1S/C8H4Cl2FNO3/c9-6-3(8(13)14)1-5(11)7(10)4(6)2-12-15/h1-2,15H,(H,13,14)/b12-2-. The number of carbonyl (C=O) groups is 1. The van der Waals surface area contributed by atoms with Gasteiger partial charge in [0.1, 0.15) is 5.82 Å². The second-order valence-electron chi connectivity index (χ2n) is 2.50. The first kappa shape index (κ1) is 11.7. The average molecular weight is 252 g/mol. The van der Waals surface area contributed by atoms with Crippen LogP contribution in [0.1, 0.15) is 15.9 Å². The summed E-state index contributed by atoms with van der Waals surface area (Å²) in [5.41, 5.74) is -0.633. The van der Waals surface area contributed by atoms with Gasteiger partial charge in [-0.3, -0.25) is 0 Å². The fraction of sp³-hybridized carbons (Fsp3) is 0. The molecule has 0 atom stereocenters. The molecule has 1 rings (SSSR count). The third kappa shape index (κ3) is 2.19. The first-order chi connectivity index (χ1) is 6.99. The number of nitrogens with zero attached hydrogens (tertiary/aromatic N) is 1. The highest BCUT2D eigenvalue weighted by molar-refractivity contribution is 6.40. The first-order valence-corrected chi connectivity index (χ1v) is 4.32. The Labute approximate surface area is 93.5 Å². The lowest BCUT2D eigenvalue weighted by Gasteiger charge is -2.05. The van der Waals surface area contributed by atoms with Gasteiger partial charge in [0.15, 0.2) is 0 Å². The highest BCUT2D eigenvalue weighted by atomic mass is 35.5. The molecular formula is C8H4Cl2FNO3. The molecule has 0 bridgehead atoms. The number of carboxylic acids is 1. The maximum Gasteiger partial charge on any atom is 0.337 e. The number of benzene rings is 1. The van der Waals surface area contributed by atoms with Gasteiger partial charge in [0.05, 0.1) is 21.8 Å². The van der Waals surface area contributed by atoms with Crippen molar-refractivity contribution in [2.45, 2.75) is 0 Å². The Hall–Kier alpha value is -1.33. The van der Waals surface area contributed by atoms with Gasteiger partial charge in [-0.1, -0.05) is 28.4 Å². The fourth-order valence-corrected chi connectivity index (χ4v) is 1.48. The molecule has 0 aliphatic heterocycles. The van der Waals surface area contributed by atoms with E-state index in [1.807, 2.05) is 0 Å². The topological polar surface area (TPSA) is 69.9 Å². The second-order valence-corrected chi connectivity index (χ2v) is 3.25. The molecule has 0 aliphatic carbocycles. The Bertz CT molecular complexity index is 448. The van der Waals surface area contributed by atoms with Gasteiger partial charge in [-0.15, -0.1) is 0 Å². The van der Waals surface area contributed by atoms with E-state index in [4.69, 9.17) is 33.5 Å². The average Bonchev–Trinajstić information content (AvgIpc) is 2.18. The molecule has 0 unspecified atom stereocenters. The molecule has 0 saturated carbocycles. The molecule has 0 aliphatic rings. The molecule has 0 heterocycles.